The molecule has 2 rings (SSSR count). The van der Waals surface area contributed by atoms with Crippen molar-refractivity contribution in [3.63, 3.8) is 0 Å². The number of halogens is 1. The van der Waals surface area contributed by atoms with Gasteiger partial charge < -0.3 is 10.5 Å². The summed E-state index contributed by atoms with van der Waals surface area (Å²) in [6.07, 6.45) is 4.83. The highest BCUT2D eigenvalue weighted by atomic mass is 19.1. The molecule has 3 heteroatoms. The Morgan fingerprint density at radius 2 is 1.88 bits per heavy atom. The molecule has 88 valence electrons. The molecular weight excluding hydrogens is 205 g/mol. The Labute approximate surface area is 95.6 Å². The van der Waals surface area contributed by atoms with Crippen molar-refractivity contribution in [2.24, 2.45) is 11.7 Å². The van der Waals surface area contributed by atoms with Gasteiger partial charge in [-0.3, -0.25) is 0 Å². The van der Waals surface area contributed by atoms with Gasteiger partial charge in [0, 0.05) is 5.92 Å². The predicted molar refractivity (Wildman–Crippen MR) is 61.8 cm³/mol. The molecule has 16 heavy (non-hydrogen) atoms. The van der Waals surface area contributed by atoms with Gasteiger partial charge in [0.1, 0.15) is 17.7 Å². The smallest absolute Gasteiger partial charge is 0.123 e. The summed E-state index contributed by atoms with van der Waals surface area (Å²) in [5.41, 5.74) is 5.73. The van der Waals surface area contributed by atoms with E-state index in [1.54, 1.807) is 12.1 Å². The van der Waals surface area contributed by atoms with Crippen molar-refractivity contribution in [2.75, 3.05) is 6.54 Å². The first kappa shape index (κ1) is 11.4. The quantitative estimate of drug-likeness (QED) is 0.855. The van der Waals surface area contributed by atoms with Crippen LogP contribution in [0.25, 0.3) is 0 Å². The average Bonchev–Trinajstić information content (AvgIpc) is 2.33. The standard InChI is InChI=1S/C13H18FNO/c14-11-5-7-12(8-6-11)16-13-4-2-1-3-10(13)9-15/h5-8,10,13H,1-4,9,15H2. The number of benzene rings is 1. The van der Waals surface area contributed by atoms with Crippen molar-refractivity contribution in [1.29, 1.82) is 0 Å². The summed E-state index contributed by atoms with van der Waals surface area (Å²) < 4.78 is 18.6. The summed E-state index contributed by atoms with van der Waals surface area (Å²) >= 11 is 0. The van der Waals surface area contributed by atoms with E-state index in [1.807, 2.05) is 0 Å². The molecule has 2 atom stereocenters. The van der Waals surface area contributed by atoms with Gasteiger partial charge in [-0.05, 0) is 50.1 Å². The van der Waals surface area contributed by atoms with E-state index in [2.05, 4.69) is 0 Å². The molecule has 1 aromatic rings. The second-order valence-corrected chi connectivity index (χ2v) is 4.39. The Morgan fingerprint density at radius 1 is 1.19 bits per heavy atom. The van der Waals surface area contributed by atoms with Crippen LogP contribution in [0.3, 0.4) is 0 Å². The Balaban J connectivity index is 1.99. The maximum absolute atomic E-state index is 12.7. The Hall–Kier alpha value is -1.09. The van der Waals surface area contributed by atoms with Crippen LogP contribution in [0.5, 0.6) is 5.75 Å². The van der Waals surface area contributed by atoms with Crippen LogP contribution < -0.4 is 10.5 Å². The lowest BCUT2D eigenvalue weighted by Gasteiger charge is -2.31. The van der Waals surface area contributed by atoms with E-state index >= 15 is 0 Å². The first-order valence-electron chi connectivity index (χ1n) is 5.92. The summed E-state index contributed by atoms with van der Waals surface area (Å²) in [5.74, 6) is 0.955. The third-order valence-electron chi connectivity index (χ3n) is 3.24. The summed E-state index contributed by atoms with van der Waals surface area (Å²) in [5, 5.41) is 0. The number of nitrogens with two attached hydrogens (primary N) is 1. The zero-order chi connectivity index (χ0) is 11.4. The highest BCUT2D eigenvalue weighted by Crippen LogP contribution is 2.27. The molecule has 2 unspecified atom stereocenters. The van der Waals surface area contributed by atoms with Crippen LogP contribution in [-0.2, 0) is 0 Å². The van der Waals surface area contributed by atoms with E-state index in [1.165, 1.54) is 25.0 Å². The Morgan fingerprint density at radius 3 is 2.56 bits per heavy atom. The zero-order valence-corrected chi connectivity index (χ0v) is 9.36. The molecule has 0 radical (unpaired) electrons. The van der Waals surface area contributed by atoms with Crippen LogP contribution >= 0.6 is 0 Å². The molecule has 2 nitrogen and oxygen atoms in total. The number of ether oxygens (including phenoxy) is 1. The normalized spacial score (nSPS) is 25.4. The fourth-order valence-electron chi connectivity index (χ4n) is 2.29. The predicted octanol–water partition coefficient (Wildman–Crippen LogP) is 2.72. The average molecular weight is 223 g/mol. The van der Waals surface area contributed by atoms with Gasteiger partial charge in [0.25, 0.3) is 0 Å². The monoisotopic (exact) mass is 223 g/mol. The third-order valence-corrected chi connectivity index (χ3v) is 3.24. The molecule has 0 aliphatic heterocycles. The van der Waals surface area contributed by atoms with Gasteiger partial charge >= 0.3 is 0 Å². The highest BCUT2D eigenvalue weighted by molar-refractivity contribution is 5.22. The van der Waals surface area contributed by atoms with Crippen LogP contribution in [0.1, 0.15) is 25.7 Å². The minimum absolute atomic E-state index is 0.198. The van der Waals surface area contributed by atoms with Gasteiger partial charge in [0.15, 0.2) is 0 Å². The second-order valence-electron chi connectivity index (χ2n) is 4.39. The van der Waals surface area contributed by atoms with Crippen molar-refractivity contribution in [3.05, 3.63) is 30.1 Å². The van der Waals surface area contributed by atoms with Crippen LogP contribution in [0.15, 0.2) is 24.3 Å². The van der Waals surface area contributed by atoms with Crippen LogP contribution in [0.2, 0.25) is 0 Å². The molecule has 0 amide bonds. The van der Waals surface area contributed by atoms with Crippen LogP contribution in [0.4, 0.5) is 4.39 Å². The molecule has 0 heterocycles. The minimum Gasteiger partial charge on any atom is -0.490 e. The Bertz CT molecular complexity index is 325. The maximum Gasteiger partial charge on any atom is 0.123 e. The molecule has 1 saturated carbocycles. The fraction of sp³-hybridized carbons (Fsp3) is 0.538. The maximum atomic E-state index is 12.7. The summed E-state index contributed by atoms with van der Waals surface area (Å²) in [6, 6.07) is 6.21. The van der Waals surface area contributed by atoms with Crippen molar-refractivity contribution >= 4 is 0 Å². The highest BCUT2D eigenvalue weighted by Gasteiger charge is 2.25. The number of hydrogen-bond donors (Lipinski definition) is 1. The summed E-state index contributed by atoms with van der Waals surface area (Å²) in [4.78, 5) is 0. The molecule has 0 spiro atoms. The van der Waals surface area contributed by atoms with Gasteiger partial charge in [-0.25, -0.2) is 4.39 Å². The van der Waals surface area contributed by atoms with E-state index in [0.717, 1.165) is 18.6 Å². The summed E-state index contributed by atoms with van der Waals surface area (Å²) in [6.45, 7) is 0.672. The van der Waals surface area contributed by atoms with E-state index in [-0.39, 0.29) is 11.9 Å². The molecular formula is C13H18FNO. The van der Waals surface area contributed by atoms with Crippen molar-refractivity contribution in [3.8, 4) is 5.75 Å². The molecule has 1 aliphatic rings. The van der Waals surface area contributed by atoms with Crippen LogP contribution in [0, 0.1) is 11.7 Å². The lowest BCUT2D eigenvalue weighted by atomic mass is 9.86. The molecule has 2 N–H and O–H groups in total. The van der Waals surface area contributed by atoms with E-state index < -0.39 is 0 Å². The minimum atomic E-state index is -0.230. The van der Waals surface area contributed by atoms with E-state index in [9.17, 15) is 4.39 Å². The third kappa shape index (κ3) is 2.73. The van der Waals surface area contributed by atoms with Crippen molar-refractivity contribution in [1.82, 2.24) is 0 Å². The number of rotatable bonds is 3. The fourth-order valence-corrected chi connectivity index (χ4v) is 2.29. The lowest BCUT2D eigenvalue weighted by Crippen LogP contribution is -2.35. The van der Waals surface area contributed by atoms with Crippen molar-refractivity contribution < 1.29 is 9.13 Å². The molecule has 1 aliphatic carbocycles. The zero-order valence-electron chi connectivity index (χ0n) is 9.36. The topological polar surface area (TPSA) is 35.2 Å². The summed E-state index contributed by atoms with van der Waals surface area (Å²) in [7, 11) is 0. The number of hydrogen-bond acceptors (Lipinski definition) is 2. The Kier molecular flexibility index (Phi) is 3.78. The molecule has 1 fully saturated rings. The largest absolute Gasteiger partial charge is 0.490 e. The second kappa shape index (κ2) is 5.30. The van der Waals surface area contributed by atoms with Crippen molar-refractivity contribution in [2.45, 2.75) is 31.8 Å². The molecule has 0 aromatic heterocycles. The first-order chi connectivity index (χ1) is 7.79. The van der Waals surface area contributed by atoms with Gasteiger partial charge in [-0.2, -0.15) is 0 Å². The first-order valence-corrected chi connectivity index (χ1v) is 5.92. The van der Waals surface area contributed by atoms with Gasteiger partial charge in [-0.15, -0.1) is 0 Å². The van der Waals surface area contributed by atoms with E-state index in [0.29, 0.717) is 12.5 Å². The van der Waals surface area contributed by atoms with Gasteiger partial charge in [0.2, 0.25) is 0 Å². The van der Waals surface area contributed by atoms with Crippen LogP contribution in [-0.4, -0.2) is 12.6 Å². The SMILES string of the molecule is NCC1CCCCC1Oc1ccc(F)cc1. The van der Waals surface area contributed by atoms with Gasteiger partial charge in [-0.1, -0.05) is 6.42 Å². The molecule has 0 saturated heterocycles. The van der Waals surface area contributed by atoms with E-state index in [4.69, 9.17) is 10.5 Å². The molecule has 1 aromatic carbocycles. The van der Waals surface area contributed by atoms with Gasteiger partial charge in [0.05, 0.1) is 0 Å². The lowest BCUT2D eigenvalue weighted by molar-refractivity contribution is 0.0969. The molecule has 0 bridgehead atoms.